The number of fused-ring (bicyclic) bond motifs is 1. The van der Waals surface area contributed by atoms with E-state index in [1.54, 1.807) is 11.6 Å². The lowest BCUT2D eigenvalue weighted by molar-refractivity contribution is -0.0421. The predicted molar refractivity (Wildman–Crippen MR) is 143 cm³/mol. The van der Waals surface area contributed by atoms with E-state index in [1.165, 1.54) is 6.33 Å². The van der Waals surface area contributed by atoms with E-state index in [4.69, 9.17) is 19.3 Å². The summed E-state index contributed by atoms with van der Waals surface area (Å²) in [6.07, 6.45) is -2.23. The molecule has 9 nitrogen and oxygen atoms in total. The van der Waals surface area contributed by atoms with Crippen LogP contribution in [0.4, 0.5) is 16.2 Å². The Kier molecular flexibility index (Phi) is 7.48. The number of halogens is 1. The molecule has 3 heterocycles. The summed E-state index contributed by atoms with van der Waals surface area (Å²) in [5.41, 5.74) is 6.82. The highest BCUT2D eigenvalue weighted by molar-refractivity contribution is 6.74. The van der Waals surface area contributed by atoms with Crippen molar-refractivity contribution in [3.05, 3.63) is 6.33 Å². The van der Waals surface area contributed by atoms with Crippen LogP contribution in [0.1, 0.15) is 47.8 Å². The van der Waals surface area contributed by atoms with Gasteiger partial charge in [0.25, 0.3) is 0 Å². The van der Waals surface area contributed by atoms with E-state index in [0.717, 1.165) is 0 Å². The summed E-state index contributed by atoms with van der Waals surface area (Å²) in [6, 6.07) is 0. The SMILES string of the molecule is CNc1nc(N)nc2c1ncn2[C@@H]1O[C@H](CO[Si](C)(C)C(C)(C)C)[C@@H](O[Si](C)(C)C(C)(C)C)[C@H]1F. The fraction of sp³-hybridized carbons (Fsp3) is 0.783. The highest BCUT2D eigenvalue weighted by Gasteiger charge is 2.52. The van der Waals surface area contributed by atoms with Gasteiger partial charge in [-0.1, -0.05) is 41.5 Å². The minimum absolute atomic E-state index is 0.0223. The second kappa shape index (κ2) is 9.36. The molecule has 0 amide bonds. The molecule has 12 heteroatoms. The van der Waals surface area contributed by atoms with Crippen LogP contribution in [0.15, 0.2) is 6.33 Å². The summed E-state index contributed by atoms with van der Waals surface area (Å²) in [6.45, 7) is 21.8. The van der Waals surface area contributed by atoms with E-state index in [1.807, 2.05) is 0 Å². The molecule has 35 heavy (non-hydrogen) atoms. The Balaban J connectivity index is 1.98. The number of nitrogens with one attached hydrogen (secondary N) is 1. The zero-order valence-electron chi connectivity index (χ0n) is 23.1. The third kappa shape index (κ3) is 5.41. The summed E-state index contributed by atoms with van der Waals surface area (Å²) in [5, 5.41) is 2.91. The van der Waals surface area contributed by atoms with Crippen molar-refractivity contribution in [2.24, 2.45) is 0 Å². The zero-order chi connectivity index (χ0) is 26.6. The Bertz CT molecular complexity index is 1050. The van der Waals surface area contributed by atoms with Crippen LogP contribution in [0.2, 0.25) is 36.3 Å². The van der Waals surface area contributed by atoms with Gasteiger partial charge in [0.05, 0.1) is 12.9 Å². The van der Waals surface area contributed by atoms with Crippen molar-refractivity contribution in [2.75, 3.05) is 24.7 Å². The number of hydrogen-bond acceptors (Lipinski definition) is 8. The number of anilines is 2. The van der Waals surface area contributed by atoms with Crippen molar-refractivity contribution in [2.45, 2.75) is 102 Å². The maximum absolute atomic E-state index is 16.2. The Labute approximate surface area is 210 Å². The molecular formula is C23H43FN6O3Si2. The van der Waals surface area contributed by atoms with E-state index in [9.17, 15) is 0 Å². The molecule has 4 atom stereocenters. The van der Waals surface area contributed by atoms with Crippen LogP contribution in [0.25, 0.3) is 11.2 Å². The molecule has 0 aromatic carbocycles. The van der Waals surface area contributed by atoms with Crippen LogP contribution in [0.3, 0.4) is 0 Å². The minimum atomic E-state index is -2.30. The van der Waals surface area contributed by atoms with Gasteiger partial charge in [0.2, 0.25) is 5.95 Å². The number of imidazole rings is 1. The first-order valence-electron chi connectivity index (χ1n) is 12.2. The molecule has 1 saturated heterocycles. The fourth-order valence-corrected chi connectivity index (χ4v) is 5.84. The van der Waals surface area contributed by atoms with E-state index >= 15 is 4.39 Å². The molecule has 3 N–H and O–H groups in total. The Morgan fingerprint density at radius 2 is 1.69 bits per heavy atom. The van der Waals surface area contributed by atoms with E-state index in [0.29, 0.717) is 17.0 Å². The van der Waals surface area contributed by atoms with Gasteiger partial charge >= 0.3 is 0 Å². The van der Waals surface area contributed by atoms with E-state index in [2.05, 4.69) is 88.0 Å². The molecule has 198 valence electrons. The number of hydrogen-bond donors (Lipinski definition) is 2. The van der Waals surface area contributed by atoms with Gasteiger partial charge in [0.15, 0.2) is 46.0 Å². The van der Waals surface area contributed by atoms with Gasteiger partial charge in [-0.2, -0.15) is 9.97 Å². The van der Waals surface area contributed by atoms with Crippen molar-refractivity contribution >= 4 is 39.6 Å². The van der Waals surface area contributed by atoms with Crippen LogP contribution in [0, 0.1) is 0 Å². The van der Waals surface area contributed by atoms with Crippen molar-refractivity contribution in [1.29, 1.82) is 0 Å². The Morgan fingerprint density at radius 3 is 2.23 bits per heavy atom. The van der Waals surface area contributed by atoms with Gasteiger partial charge in [-0.3, -0.25) is 4.57 Å². The van der Waals surface area contributed by atoms with Crippen LogP contribution in [0.5, 0.6) is 0 Å². The lowest BCUT2D eigenvalue weighted by atomic mass is 10.1. The zero-order valence-corrected chi connectivity index (χ0v) is 25.1. The van der Waals surface area contributed by atoms with Crippen molar-refractivity contribution in [3.8, 4) is 0 Å². The summed E-state index contributed by atoms with van der Waals surface area (Å²) in [5.74, 6) is 0.551. The van der Waals surface area contributed by atoms with Crippen molar-refractivity contribution in [3.63, 3.8) is 0 Å². The molecular weight excluding hydrogens is 483 g/mol. The van der Waals surface area contributed by atoms with Gasteiger partial charge in [-0.25, -0.2) is 9.37 Å². The molecule has 3 rings (SSSR count). The largest absolute Gasteiger partial charge is 0.414 e. The average Bonchev–Trinajstić information content (AvgIpc) is 3.25. The third-order valence-corrected chi connectivity index (χ3v) is 16.8. The lowest BCUT2D eigenvalue weighted by Gasteiger charge is -2.40. The average molecular weight is 527 g/mol. The first-order valence-corrected chi connectivity index (χ1v) is 18.0. The molecule has 0 spiro atoms. The molecule has 1 fully saturated rings. The van der Waals surface area contributed by atoms with E-state index in [-0.39, 0.29) is 22.6 Å². The second-order valence-corrected chi connectivity index (χ2v) is 22.0. The molecule has 0 unspecified atom stereocenters. The predicted octanol–water partition coefficient (Wildman–Crippen LogP) is 5.10. The standard InChI is InChI=1S/C23H43FN6O3Si2/c1-22(2,3)34(8,9)31-12-14-17(33-35(10,11)23(4,5)6)15(24)20(32-14)30-13-27-16-18(26-7)28-21(25)29-19(16)30/h13-15,17,20H,12H2,1-11H3,(H3,25,26,28,29)/t14-,15-,17-,20-/m1/s1. The first-order chi connectivity index (χ1) is 15.9. The molecule has 2 aromatic heterocycles. The van der Waals surface area contributed by atoms with Gasteiger partial charge in [0.1, 0.15) is 12.2 Å². The molecule has 0 radical (unpaired) electrons. The molecule has 1 aliphatic rings. The summed E-state index contributed by atoms with van der Waals surface area (Å²) in [7, 11) is -2.66. The number of ether oxygens (including phenoxy) is 1. The van der Waals surface area contributed by atoms with E-state index < -0.39 is 41.2 Å². The van der Waals surface area contributed by atoms with Gasteiger partial charge in [-0.15, -0.1) is 0 Å². The number of alkyl halides is 1. The normalized spacial score (nSPS) is 24.3. The minimum Gasteiger partial charge on any atom is -0.414 e. The summed E-state index contributed by atoms with van der Waals surface area (Å²) >= 11 is 0. The Morgan fingerprint density at radius 1 is 1.09 bits per heavy atom. The van der Waals surface area contributed by atoms with Crippen LogP contribution < -0.4 is 11.1 Å². The van der Waals surface area contributed by atoms with Crippen molar-refractivity contribution < 1.29 is 18.0 Å². The van der Waals surface area contributed by atoms with Crippen molar-refractivity contribution in [1.82, 2.24) is 19.5 Å². The van der Waals surface area contributed by atoms with Gasteiger partial charge < -0.3 is 24.6 Å². The highest BCUT2D eigenvalue weighted by Crippen LogP contribution is 2.44. The number of rotatable bonds is 7. The first kappa shape index (κ1) is 28.0. The highest BCUT2D eigenvalue weighted by atomic mass is 28.4. The molecule has 1 aliphatic heterocycles. The number of nitrogens with two attached hydrogens (primary N) is 1. The maximum atomic E-state index is 16.2. The summed E-state index contributed by atoms with van der Waals surface area (Å²) < 4.78 is 37.3. The Hall–Kier alpha value is -1.61. The lowest BCUT2D eigenvalue weighted by Crippen LogP contribution is -2.50. The molecule has 0 bridgehead atoms. The molecule has 0 saturated carbocycles. The van der Waals surface area contributed by atoms with Crippen LogP contribution >= 0.6 is 0 Å². The topological polar surface area (TPSA) is 109 Å². The number of nitrogen functional groups attached to an aromatic ring is 1. The van der Waals surface area contributed by atoms with Gasteiger partial charge in [-0.05, 0) is 36.3 Å². The quantitative estimate of drug-likeness (QED) is 0.480. The summed E-state index contributed by atoms with van der Waals surface area (Å²) in [4.78, 5) is 12.9. The fourth-order valence-electron chi connectivity index (χ4n) is 3.51. The second-order valence-electron chi connectivity index (χ2n) is 12.4. The van der Waals surface area contributed by atoms with Crippen LogP contribution in [-0.4, -0.2) is 68.2 Å². The molecule has 2 aromatic rings. The smallest absolute Gasteiger partial charge is 0.224 e. The molecule has 0 aliphatic carbocycles. The monoisotopic (exact) mass is 526 g/mol. The third-order valence-electron chi connectivity index (χ3n) is 7.87. The van der Waals surface area contributed by atoms with Gasteiger partial charge in [0, 0.05) is 7.05 Å². The maximum Gasteiger partial charge on any atom is 0.224 e. The number of aromatic nitrogens is 4. The van der Waals surface area contributed by atoms with Crippen LogP contribution in [-0.2, 0) is 13.6 Å². The number of nitrogens with zero attached hydrogens (tertiary/aromatic N) is 4.